The van der Waals surface area contributed by atoms with Gasteiger partial charge in [-0.15, -0.1) is 0 Å². The number of aryl methyl sites for hydroxylation is 1. The monoisotopic (exact) mass is 371 g/mol. The van der Waals surface area contributed by atoms with E-state index < -0.39 is 0 Å². The molecule has 0 heterocycles. The first kappa shape index (κ1) is 14.8. The van der Waals surface area contributed by atoms with E-state index in [4.69, 9.17) is 0 Å². The molecule has 2 nitrogen and oxygen atoms in total. The topological polar surface area (TPSA) is 29.1 Å². The molecular formula is C16H22INO. The van der Waals surface area contributed by atoms with Gasteiger partial charge in [-0.1, -0.05) is 32.1 Å². The number of anilines is 1. The third-order valence-electron chi connectivity index (χ3n) is 3.97. The van der Waals surface area contributed by atoms with Gasteiger partial charge in [0.05, 0.1) is 0 Å². The number of hydrogen-bond acceptors (Lipinski definition) is 1. The van der Waals surface area contributed by atoms with E-state index in [2.05, 4.69) is 34.0 Å². The SMILES string of the molecule is Cc1cc(I)ccc1NC(=O)CCC1CCCCC1. The van der Waals surface area contributed by atoms with E-state index in [-0.39, 0.29) is 5.91 Å². The van der Waals surface area contributed by atoms with Gasteiger partial charge in [0.15, 0.2) is 0 Å². The molecule has 0 spiro atoms. The normalized spacial score (nSPS) is 16.3. The van der Waals surface area contributed by atoms with Gasteiger partial charge in [0.1, 0.15) is 0 Å². The van der Waals surface area contributed by atoms with E-state index >= 15 is 0 Å². The van der Waals surface area contributed by atoms with E-state index in [9.17, 15) is 4.79 Å². The summed E-state index contributed by atoms with van der Waals surface area (Å²) in [6.45, 7) is 2.04. The first-order valence-electron chi connectivity index (χ1n) is 7.21. The van der Waals surface area contributed by atoms with Gasteiger partial charge in [-0.3, -0.25) is 4.79 Å². The van der Waals surface area contributed by atoms with Gasteiger partial charge < -0.3 is 5.32 Å². The molecule has 0 aliphatic heterocycles. The summed E-state index contributed by atoms with van der Waals surface area (Å²) in [7, 11) is 0. The zero-order valence-electron chi connectivity index (χ0n) is 11.5. The van der Waals surface area contributed by atoms with Crippen molar-refractivity contribution in [3.05, 3.63) is 27.3 Å². The van der Waals surface area contributed by atoms with Crippen molar-refractivity contribution < 1.29 is 4.79 Å². The average molecular weight is 371 g/mol. The van der Waals surface area contributed by atoms with E-state index in [1.165, 1.54) is 35.7 Å². The van der Waals surface area contributed by atoms with Gasteiger partial charge in [-0.05, 0) is 65.6 Å². The first-order valence-corrected chi connectivity index (χ1v) is 8.29. The number of benzene rings is 1. The highest BCUT2D eigenvalue weighted by Crippen LogP contribution is 2.27. The van der Waals surface area contributed by atoms with Crippen LogP contribution < -0.4 is 5.32 Å². The van der Waals surface area contributed by atoms with Crippen LogP contribution in [-0.2, 0) is 4.79 Å². The van der Waals surface area contributed by atoms with E-state index in [1.54, 1.807) is 0 Å². The summed E-state index contributed by atoms with van der Waals surface area (Å²) in [5, 5.41) is 3.03. The highest BCUT2D eigenvalue weighted by Gasteiger charge is 2.15. The maximum absolute atomic E-state index is 12.0. The molecule has 0 atom stereocenters. The Morgan fingerprint density at radius 3 is 2.74 bits per heavy atom. The van der Waals surface area contributed by atoms with Crippen LogP contribution in [0, 0.1) is 16.4 Å². The molecule has 104 valence electrons. The van der Waals surface area contributed by atoms with Crippen LogP contribution in [-0.4, -0.2) is 5.91 Å². The first-order chi connectivity index (χ1) is 9.15. The molecule has 1 saturated carbocycles. The Bertz CT molecular complexity index is 438. The Balaban J connectivity index is 1.80. The van der Waals surface area contributed by atoms with E-state index in [1.807, 2.05) is 19.1 Å². The maximum Gasteiger partial charge on any atom is 0.224 e. The van der Waals surface area contributed by atoms with Crippen LogP contribution in [0.1, 0.15) is 50.5 Å². The largest absolute Gasteiger partial charge is 0.326 e. The van der Waals surface area contributed by atoms with Crippen LogP contribution in [0.5, 0.6) is 0 Å². The Hall–Kier alpha value is -0.580. The molecule has 1 aromatic rings. The summed E-state index contributed by atoms with van der Waals surface area (Å²) in [5.41, 5.74) is 2.09. The lowest BCUT2D eigenvalue weighted by atomic mass is 9.86. The van der Waals surface area contributed by atoms with Gasteiger partial charge in [0.25, 0.3) is 0 Å². The Labute approximate surface area is 129 Å². The molecule has 1 N–H and O–H groups in total. The third-order valence-corrected chi connectivity index (χ3v) is 4.64. The Morgan fingerprint density at radius 1 is 1.32 bits per heavy atom. The third kappa shape index (κ3) is 4.79. The lowest BCUT2D eigenvalue weighted by Gasteiger charge is -2.21. The Kier molecular flexibility index (Phi) is 5.67. The second-order valence-corrected chi connectivity index (χ2v) is 6.80. The lowest BCUT2D eigenvalue weighted by molar-refractivity contribution is -0.116. The minimum Gasteiger partial charge on any atom is -0.326 e. The number of carbonyl (C=O) groups is 1. The van der Waals surface area contributed by atoms with Crippen molar-refractivity contribution in [2.45, 2.75) is 51.9 Å². The van der Waals surface area contributed by atoms with Crippen molar-refractivity contribution in [2.75, 3.05) is 5.32 Å². The van der Waals surface area contributed by atoms with Crippen LogP contribution in [0.3, 0.4) is 0 Å². The molecule has 0 saturated heterocycles. The molecule has 19 heavy (non-hydrogen) atoms. The number of nitrogens with one attached hydrogen (secondary N) is 1. The molecule has 2 rings (SSSR count). The summed E-state index contributed by atoms with van der Waals surface area (Å²) in [6.07, 6.45) is 8.42. The van der Waals surface area contributed by atoms with Crippen molar-refractivity contribution in [1.82, 2.24) is 0 Å². The number of rotatable bonds is 4. The molecular weight excluding hydrogens is 349 g/mol. The highest BCUT2D eigenvalue weighted by molar-refractivity contribution is 14.1. The van der Waals surface area contributed by atoms with Crippen LogP contribution >= 0.6 is 22.6 Å². The average Bonchev–Trinajstić information content (AvgIpc) is 2.41. The van der Waals surface area contributed by atoms with Crippen molar-refractivity contribution in [3.8, 4) is 0 Å². The second kappa shape index (κ2) is 7.27. The fourth-order valence-corrected chi connectivity index (χ4v) is 3.44. The van der Waals surface area contributed by atoms with Gasteiger partial charge in [0, 0.05) is 15.7 Å². The number of carbonyl (C=O) groups excluding carboxylic acids is 1. The minimum atomic E-state index is 0.162. The molecule has 0 unspecified atom stereocenters. The lowest BCUT2D eigenvalue weighted by Crippen LogP contribution is -2.15. The van der Waals surface area contributed by atoms with Gasteiger partial charge in [0.2, 0.25) is 5.91 Å². The molecule has 1 fully saturated rings. The molecule has 0 aromatic heterocycles. The number of halogens is 1. The van der Waals surface area contributed by atoms with Crippen LogP contribution in [0.2, 0.25) is 0 Å². The molecule has 1 aromatic carbocycles. The molecule has 0 radical (unpaired) electrons. The predicted molar refractivity (Wildman–Crippen MR) is 88.3 cm³/mol. The zero-order chi connectivity index (χ0) is 13.7. The van der Waals surface area contributed by atoms with E-state index in [0.717, 1.165) is 23.6 Å². The van der Waals surface area contributed by atoms with Crippen molar-refractivity contribution >= 4 is 34.2 Å². The zero-order valence-corrected chi connectivity index (χ0v) is 13.7. The second-order valence-electron chi connectivity index (χ2n) is 5.55. The highest BCUT2D eigenvalue weighted by atomic mass is 127. The summed E-state index contributed by atoms with van der Waals surface area (Å²) in [5.74, 6) is 0.937. The van der Waals surface area contributed by atoms with Crippen molar-refractivity contribution in [3.63, 3.8) is 0 Å². The van der Waals surface area contributed by atoms with Crippen molar-refractivity contribution in [1.29, 1.82) is 0 Å². The quantitative estimate of drug-likeness (QED) is 0.750. The van der Waals surface area contributed by atoms with Gasteiger partial charge in [-0.25, -0.2) is 0 Å². The summed E-state index contributed by atoms with van der Waals surface area (Å²) >= 11 is 2.29. The van der Waals surface area contributed by atoms with E-state index in [0.29, 0.717) is 6.42 Å². The standard InChI is InChI=1S/C16H22INO/c1-12-11-14(17)8-9-15(12)18-16(19)10-7-13-5-3-2-4-6-13/h8-9,11,13H,2-7,10H2,1H3,(H,18,19). The molecule has 3 heteroatoms. The molecule has 1 aliphatic rings. The fourth-order valence-electron chi connectivity index (χ4n) is 2.79. The van der Waals surface area contributed by atoms with Crippen LogP contribution in [0.15, 0.2) is 18.2 Å². The van der Waals surface area contributed by atoms with Gasteiger partial charge >= 0.3 is 0 Å². The van der Waals surface area contributed by atoms with Crippen LogP contribution in [0.25, 0.3) is 0 Å². The molecule has 1 aliphatic carbocycles. The smallest absolute Gasteiger partial charge is 0.224 e. The fraction of sp³-hybridized carbons (Fsp3) is 0.562. The van der Waals surface area contributed by atoms with Gasteiger partial charge in [-0.2, -0.15) is 0 Å². The maximum atomic E-state index is 12.0. The molecule has 0 bridgehead atoms. The summed E-state index contributed by atoms with van der Waals surface area (Å²) in [4.78, 5) is 12.0. The minimum absolute atomic E-state index is 0.162. The molecule has 1 amide bonds. The summed E-state index contributed by atoms with van der Waals surface area (Å²) < 4.78 is 1.20. The number of hydrogen-bond donors (Lipinski definition) is 1. The van der Waals surface area contributed by atoms with Crippen LogP contribution in [0.4, 0.5) is 5.69 Å². The number of amides is 1. The van der Waals surface area contributed by atoms with Crippen molar-refractivity contribution in [2.24, 2.45) is 5.92 Å². The predicted octanol–water partition coefficient (Wildman–Crippen LogP) is 4.90. The Morgan fingerprint density at radius 2 is 2.05 bits per heavy atom. The summed E-state index contributed by atoms with van der Waals surface area (Å²) in [6, 6.07) is 6.12.